The van der Waals surface area contributed by atoms with Crippen molar-refractivity contribution in [2.75, 3.05) is 5.32 Å². The summed E-state index contributed by atoms with van der Waals surface area (Å²) in [5, 5.41) is 11.5. The third-order valence-electron chi connectivity index (χ3n) is 4.29. The fraction of sp³-hybridized carbons (Fsp3) is 0.167. The second-order valence-corrected chi connectivity index (χ2v) is 9.24. The van der Waals surface area contributed by atoms with E-state index in [1.807, 2.05) is 17.5 Å². The van der Waals surface area contributed by atoms with Gasteiger partial charge in [-0.2, -0.15) is 5.10 Å². The summed E-state index contributed by atoms with van der Waals surface area (Å²) in [5.41, 5.74) is 0.964. The lowest BCUT2D eigenvalue weighted by molar-refractivity contribution is 0.0846. The van der Waals surface area contributed by atoms with Crippen molar-refractivity contribution in [2.45, 2.75) is 24.8 Å². The zero-order valence-electron chi connectivity index (χ0n) is 15.0. The van der Waals surface area contributed by atoms with Crippen molar-refractivity contribution >= 4 is 39.0 Å². The van der Waals surface area contributed by atoms with Crippen molar-refractivity contribution in [3.05, 3.63) is 52.9 Å². The second-order valence-electron chi connectivity index (χ2n) is 6.51. The van der Waals surface area contributed by atoms with Crippen LogP contribution >= 0.6 is 11.3 Å². The number of H-pyrrole nitrogens is 1. The summed E-state index contributed by atoms with van der Waals surface area (Å²) < 4.78 is 26.2. The Balaban J connectivity index is 1.61. The molecular formula is C18H16N4O4S2. The van der Waals surface area contributed by atoms with Crippen molar-refractivity contribution in [1.82, 2.24) is 14.5 Å². The van der Waals surface area contributed by atoms with Crippen LogP contribution in [0, 0.1) is 0 Å². The van der Waals surface area contributed by atoms with E-state index < -0.39 is 27.9 Å². The van der Waals surface area contributed by atoms with Gasteiger partial charge in [0.15, 0.2) is 5.82 Å². The number of sulfonamides is 1. The number of fused-ring (bicyclic) bond motifs is 1. The van der Waals surface area contributed by atoms with Gasteiger partial charge in [0, 0.05) is 17.7 Å². The number of nitrogens with zero attached hydrogens (tertiary/aromatic N) is 2. The first-order valence-corrected chi connectivity index (χ1v) is 10.7. The highest BCUT2D eigenvalue weighted by Gasteiger charge is 2.42. The molecule has 0 saturated heterocycles. The molecule has 2 amide bonds. The van der Waals surface area contributed by atoms with Crippen LogP contribution in [0.1, 0.15) is 34.6 Å². The van der Waals surface area contributed by atoms with Gasteiger partial charge < -0.3 is 5.32 Å². The molecule has 0 unspecified atom stereocenters. The van der Waals surface area contributed by atoms with Gasteiger partial charge in [-0.1, -0.05) is 6.07 Å². The molecule has 1 aliphatic rings. The number of anilines is 1. The summed E-state index contributed by atoms with van der Waals surface area (Å²) >= 11 is 1.53. The van der Waals surface area contributed by atoms with Crippen LogP contribution in [0.3, 0.4) is 0 Å². The average molecular weight is 416 g/mol. The third kappa shape index (κ3) is 2.90. The van der Waals surface area contributed by atoms with Crippen LogP contribution in [0.15, 0.2) is 46.7 Å². The van der Waals surface area contributed by atoms with E-state index in [0.717, 1.165) is 14.9 Å². The number of carbonyl (C=O) groups excluding carboxylic acids is 2. The van der Waals surface area contributed by atoms with Crippen LogP contribution in [0.4, 0.5) is 5.82 Å². The molecule has 3 heterocycles. The minimum atomic E-state index is -3.97. The Morgan fingerprint density at radius 2 is 2.04 bits per heavy atom. The molecule has 4 rings (SSSR count). The largest absolute Gasteiger partial charge is 0.305 e. The summed E-state index contributed by atoms with van der Waals surface area (Å²) in [5.74, 6) is -0.779. The molecule has 0 atom stereocenters. The minimum Gasteiger partial charge on any atom is -0.305 e. The lowest BCUT2D eigenvalue weighted by atomic mass is 10.1. The first-order chi connectivity index (χ1) is 13.3. The van der Waals surface area contributed by atoms with E-state index in [4.69, 9.17) is 0 Å². The molecule has 0 fully saturated rings. The fourth-order valence-electron chi connectivity index (χ4n) is 3.03. The van der Waals surface area contributed by atoms with Gasteiger partial charge in [-0.15, -0.1) is 11.3 Å². The molecule has 2 aromatic heterocycles. The van der Waals surface area contributed by atoms with Gasteiger partial charge in [-0.3, -0.25) is 14.7 Å². The monoisotopic (exact) mass is 416 g/mol. The SMILES string of the molecule is CC(C)N1C(=O)c2ccc(C(=O)Nc3cc(-c4cccs4)[nH]n3)cc2S1(=O)=O. The molecule has 0 bridgehead atoms. The van der Waals surface area contributed by atoms with Gasteiger partial charge in [0.25, 0.3) is 21.8 Å². The van der Waals surface area contributed by atoms with E-state index in [1.165, 1.54) is 29.5 Å². The number of aromatic nitrogens is 2. The van der Waals surface area contributed by atoms with Crippen LogP contribution in [0.25, 0.3) is 10.6 Å². The van der Waals surface area contributed by atoms with Crippen LogP contribution in [0.2, 0.25) is 0 Å². The van der Waals surface area contributed by atoms with Crippen LogP contribution in [-0.4, -0.2) is 40.8 Å². The van der Waals surface area contributed by atoms with Crippen LogP contribution in [-0.2, 0) is 10.0 Å². The standard InChI is InChI=1S/C18H16N4O4S2/c1-10(2)22-18(24)12-6-5-11(8-15(12)28(22,25)26)17(23)19-16-9-13(20-21-16)14-4-3-7-27-14/h3-10H,1-2H3,(H2,19,20,21,23). The van der Waals surface area contributed by atoms with Gasteiger partial charge in [0.05, 0.1) is 16.1 Å². The van der Waals surface area contributed by atoms with E-state index >= 15 is 0 Å². The van der Waals surface area contributed by atoms with Gasteiger partial charge in [-0.05, 0) is 43.5 Å². The van der Waals surface area contributed by atoms with E-state index in [1.54, 1.807) is 19.9 Å². The van der Waals surface area contributed by atoms with Crippen LogP contribution < -0.4 is 5.32 Å². The summed E-state index contributed by atoms with van der Waals surface area (Å²) in [4.78, 5) is 25.8. The topological polar surface area (TPSA) is 112 Å². The Morgan fingerprint density at radius 3 is 2.71 bits per heavy atom. The zero-order valence-corrected chi connectivity index (χ0v) is 16.6. The molecule has 10 heteroatoms. The summed E-state index contributed by atoms with van der Waals surface area (Å²) in [7, 11) is -3.97. The number of hydrogen-bond acceptors (Lipinski definition) is 6. The van der Waals surface area contributed by atoms with E-state index in [-0.39, 0.29) is 16.0 Å². The van der Waals surface area contributed by atoms with Gasteiger partial charge in [0.2, 0.25) is 0 Å². The third-order valence-corrected chi connectivity index (χ3v) is 7.19. The number of aromatic amines is 1. The maximum Gasteiger partial charge on any atom is 0.269 e. The number of carbonyl (C=O) groups is 2. The van der Waals surface area contributed by atoms with E-state index in [0.29, 0.717) is 5.82 Å². The van der Waals surface area contributed by atoms with Crippen molar-refractivity contribution in [2.24, 2.45) is 0 Å². The highest BCUT2D eigenvalue weighted by atomic mass is 32.2. The highest BCUT2D eigenvalue weighted by Crippen LogP contribution is 2.33. The number of nitrogens with one attached hydrogen (secondary N) is 2. The number of thiophene rings is 1. The molecular weight excluding hydrogens is 400 g/mol. The first kappa shape index (κ1) is 18.4. The zero-order chi connectivity index (χ0) is 20.1. The van der Waals surface area contributed by atoms with Crippen molar-refractivity contribution in [3.8, 4) is 10.6 Å². The lowest BCUT2D eigenvalue weighted by Crippen LogP contribution is -2.36. The smallest absolute Gasteiger partial charge is 0.269 e. The van der Waals surface area contributed by atoms with Crippen molar-refractivity contribution in [1.29, 1.82) is 0 Å². The normalized spacial score (nSPS) is 15.1. The van der Waals surface area contributed by atoms with Gasteiger partial charge in [-0.25, -0.2) is 12.7 Å². The van der Waals surface area contributed by atoms with Gasteiger partial charge in [0.1, 0.15) is 4.90 Å². The second kappa shape index (κ2) is 6.57. The first-order valence-electron chi connectivity index (χ1n) is 8.42. The predicted molar refractivity (Wildman–Crippen MR) is 105 cm³/mol. The lowest BCUT2D eigenvalue weighted by Gasteiger charge is -2.18. The summed E-state index contributed by atoms with van der Waals surface area (Å²) in [6.07, 6.45) is 0. The van der Waals surface area contributed by atoms with Crippen LogP contribution in [0.5, 0.6) is 0 Å². The fourth-order valence-corrected chi connectivity index (χ4v) is 5.52. The maximum atomic E-state index is 12.7. The van der Waals surface area contributed by atoms with Crippen molar-refractivity contribution in [3.63, 3.8) is 0 Å². The molecule has 0 spiro atoms. The highest BCUT2D eigenvalue weighted by molar-refractivity contribution is 7.90. The number of rotatable bonds is 4. The summed E-state index contributed by atoms with van der Waals surface area (Å²) in [6, 6.07) is 9.04. The molecule has 28 heavy (non-hydrogen) atoms. The Labute approximate surface area is 165 Å². The maximum absolute atomic E-state index is 12.7. The Kier molecular flexibility index (Phi) is 4.31. The molecule has 0 saturated carbocycles. The average Bonchev–Trinajstić information content (AvgIpc) is 3.34. The number of benzene rings is 1. The Bertz CT molecular complexity index is 1180. The molecule has 2 N–H and O–H groups in total. The number of amides is 2. The molecule has 0 radical (unpaired) electrons. The van der Waals surface area contributed by atoms with Gasteiger partial charge >= 0.3 is 0 Å². The van der Waals surface area contributed by atoms with E-state index in [9.17, 15) is 18.0 Å². The minimum absolute atomic E-state index is 0.0741. The Hall–Kier alpha value is -2.98. The van der Waals surface area contributed by atoms with E-state index in [2.05, 4.69) is 15.5 Å². The Morgan fingerprint density at radius 1 is 1.25 bits per heavy atom. The molecule has 8 nitrogen and oxygen atoms in total. The number of hydrogen-bond donors (Lipinski definition) is 2. The van der Waals surface area contributed by atoms with Crippen molar-refractivity contribution < 1.29 is 18.0 Å². The molecule has 0 aliphatic carbocycles. The predicted octanol–water partition coefficient (Wildman–Crippen LogP) is 2.94. The molecule has 144 valence electrons. The molecule has 1 aliphatic heterocycles. The molecule has 1 aromatic carbocycles. The molecule has 3 aromatic rings. The quantitative estimate of drug-likeness (QED) is 0.679. The summed E-state index contributed by atoms with van der Waals surface area (Å²) in [6.45, 7) is 3.25.